The summed E-state index contributed by atoms with van der Waals surface area (Å²) in [6.45, 7) is 1.72. The number of sulfone groups is 2. The minimum atomic E-state index is -3.44. The van der Waals surface area contributed by atoms with Crippen molar-refractivity contribution in [2.24, 2.45) is 0 Å². The molecule has 0 unspecified atom stereocenters. The monoisotopic (exact) mass is 339 g/mol. The van der Waals surface area contributed by atoms with E-state index in [0.717, 1.165) is 11.5 Å². The Balaban J connectivity index is 2.14. The fraction of sp³-hybridized carbons (Fsp3) is 0.700. The van der Waals surface area contributed by atoms with Gasteiger partial charge in [-0.1, -0.05) is 6.92 Å². The number of aromatic nitrogens is 1. The smallest absolute Gasteiger partial charge is 0.187 e. The van der Waals surface area contributed by atoms with Gasteiger partial charge in [0, 0.05) is 12.3 Å². The molecule has 0 amide bonds. The number of hydrogen-bond acceptors (Lipinski definition) is 8. The van der Waals surface area contributed by atoms with Gasteiger partial charge < -0.3 is 11.1 Å². The fourth-order valence-corrected chi connectivity index (χ4v) is 5.30. The van der Waals surface area contributed by atoms with Gasteiger partial charge in [-0.05, 0) is 24.4 Å². The molecule has 0 aliphatic heterocycles. The third-order valence-electron chi connectivity index (χ3n) is 3.06. The van der Waals surface area contributed by atoms with Gasteiger partial charge in [-0.2, -0.15) is 4.37 Å². The lowest BCUT2D eigenvalue weighted by Gasteiger charge is -2.07. The van der Waals surface area contributed by atoms with Crippen molar-refractivity contribution in [2.75, 3.05) is 29.1 Å². The van der Waals surface area contributed by atoms with Crippen LogP contribution in [-0.2, 0) is 19.7 Å². The normalized spacial score (nSPS) is 16.2. The van der Waals surface area contributed by atoms with Crippen molar-refractivity contribution in [3.8, 4) is 0 Å². The van der Waals surface area contributed by atoms with Crippen LogP contribution in [0, 0.1) is 0 Å². The van der Waals surface area contributed by atoms with Gasteiger partial charge in [0.25, 0.3) is 0 Å². The Kier molecular flexibility index (Phi) is 4.26. The number of nitrogens with zero attached hydrogens (tertiary/aromatic N) is 1. The van der Waals surface area contributed by atoms with Crippen molar-refractivity contribution >= 4 is 42.0 Å². The molecular weight excluding hydrogens is 322 g/mol. The molecule has 1 saturated carbocycles. The van der Waals surface area contributed by atoms with E-state index in [2.05, 4.69) is 9.69 Å². The lowest BCUT2D eigenvalue weighted by molar-refractivity contribution is 0.595. The maximum Gasteiger partial charge on any atom is 0.187 e. The van der Waals surface area contributed by atoms with Crippen molar-refractivity contribution in [3.63, 3.8) is 0 Å². The van der Waals surface area contributed by atoms with Crippen LogP contribution >= 0.6 is 11.5 Å². The van der Waals surface area contributed by atoms with Gasteiger partial charge in [0.05, 0.1) is 11.0 Å². The molecule has 2 rings (SSSR count). The van der Waals surface area contributed by atoms with Crippen LogP contribution in [-0.4, -0.2) is 44.5 Å². The van der Waals surface area contributed by atoms with Crippen LogP contribution in [0.15, 0.2) is 4.90 Å². The largest absolute Gasteiger partial charge is 0.382 e. The Bertz CT molecular complexity index is 689. The van der Waals surface area contributed by atoms with Crippen LogP contribution in [0.4, 0.5) is 10.8 Å². The number of rotatable bonds is 7. The second kappa shape index (κ2) is 5.49. The van der Waals surface area contributed by atoms with E-state index in [4.69, 9.17) is 5.73 Å². The molecule has 1 fully saturated rings. The Morgan fingerprint density at radius 1 is 1.35 bits per heavy atom. The van der Waals surface area contributed by atoms with Gasteiger partial charge in [0.2, 0.25) is 0 Å². The van der Waals surface area contributed by atoms with Crippen LogP contribution in [0.25, 0.3) is 0 Å². The third-order valence-corrected chi connectivity index (χ3v) is 8.05. The Morgan fingerprint density at radius 3 is 2.55 bits per heavy atom. The zero-order valence-corrected chi connectivity index (χ0v) is 13.4. The summed E-state index contributed by atoms with van der Waals surface area (Å²) in [5, 5.41) is 2.79. The molecule has 1 aliphatic carbocycles. The lowest BCUT2D eigenvalue weighted by Crippen LogP contribution is -2.18. The van der Waals surface area contributed by atoms with Gasteiger partial charge in [-0.3, -0.25) is 0 Å². The molecule has 114 valence electrons. The first kappa shape index (κ1) is 15.5. The first-order valence-corrected chi connectivity index (χ1v) is 10.4. The number of nitrogens with one attached hydrogen (secondary N) is 1. The van der Waals surface area contributed by atoms with Crippen molar-refractivity contribution in [2.45, 2.75) is 29.9 Å². The molecule has 0 bridgehead atoms. The van der Waals surface area contributed by atoms with E-state index >= 15 is 0 Å². The van der Waals surface area contributed by atoms with Crippen molar-refractivity contribution < 1.29 is 16.8 Å². The molecule has 1 aromatic rings. The number of nitrogen functional groups attached to an aromatic ring is 1. The molecule has 3 N–H and O–H groups in total. The second-order valence-corrected chi connectivity index (χ2v) is 10.0. The van der Waals surface area contributed by atoms with Crippen LogP contribution in [0.2, 0.25) is 0 Å². The summed E-state index contributed by atoms with van der Waals surface area (Å²) >= 11 is 0.946. The highest BCUT2D eigenvalue weighted by Crippen LogP contribution is 2.40. The van der Waals surface area contributed by atoms with E-state index in [0.29, 0.717) is 17.8 Å². The van der Waals surface area contributed by atoms with E-state index in [9.17, 15) is 16.8 Å². The maximum atomic E-state index is 12.2. The molecule has 0 saturated heterocycles. The molecule has 10 heteroatoms. The molecular formula is C10H17N3O4S3. The number of hydrogen-bond donors (Lipinski definition) is 2. The van der Waals surface area contributed by atoms with Gasteiger partial charge in [0.1, 0.15) is 9.90 Å². The van der Waals surface area contributed by atoms with Gasteiger partial charge in [-0.25, -0.2) is 16.8 Å². The second-order valence-electron chi connectivity index (χ2n) is 4.63. The predicted molar refractivity (Wildman–Crippen MR) is 79.6 cm³/mol. The van der Waals surface area contributed by atoms with Gasteiger partial charge in [0.15, 0.2) is 25.5 Å². The fourth-order valence-electron chi connectivity index (χ4n) is 1.69. The predicted octanol–water partition coefficient (Wildman–Crippen LogP) is 0.508. The summed E-state index contributed by atoms with van der Waals surface area (Å²) in [5.41, 5.74) is 5.64. The highest BCUT2D eigenvalue weighted by molar-refractivity contribution is 7.92. The molecule has 1 aromatic heterocycles. The van der Waals surface area contributed by atoms with Crippen molar-refractivity contribution in [1.29, 1.82) is 0 Å². The summed E-state index contributed by atoms with van der Waals surface area (Å²) < 4.78 is 51.1. The molecule has 0 aromatic carbocycles. The van der Waals surface area contributed by atoms with Crippen molar-refractivity contribution in [3.05, 3.63) is 0 Å². The van der Waals surface area contributed by atoms with E-state index < -0.39 is 19.7 Å². The highest BCUT2D eigenvalue weighted by Gasteiger charge is 2.40. The molecule has 7 nitrogen and oxygen atoms in total. The molecule has 0 spiro atoms. The van der Waals surface area contributed by atoms with Gasteiger partial charge >= 0.3 is 0 Å². The Morgan fingerprint density at radius 2 is 2.00 bits per heavy atom. The maximum absolute atomic E-state index is 12.2. The Labute approximate surface area is 122 Å². The lowest BCUT2D eigenvalue weighted by atomic mass is 10.6. The summed E-state index contributed by atoms with van der Waals surface area (Å²) in [5.74, 6) is -0.000471. The number of anilines is 2. The van der Waals surface area contributed by atoms with E-state index in [1.54, 1.807) is 6.92 Å². The zero-order chi connectivity index (χ0) is 15.0. The first-order valence-electron chi connectivity index (χ1n) is 6.21. The zero-order valence-electron chi connectivity index (χ0n) is 11.0. The van der Waals surface area contributed by atoms with E-state index in [-0.39, 0.29) is 34.0 Å². The summed E-state index contributed by atoms with van der Waals surface area (Å²) in [6.07, 6.45) is 1.28. The average Bonchev–Trinajstić information content (AvgIpc) is 3.15. The van der Waals surface area contributed by atoms with Gasteiger partial charge in [-0.15, -0.1) is 0 Å². The van der Waals surface area contributed by atoms with Crippen LogP contribution < -0.4 is 11.1 Å². The Hall–Kier alpha value is -0.870. The minimum Gasteiger partial charge on any atom is -0.382 e. The molecule has 0 atom stereocenters. The average molecular weight is 339 g/mol. The summed E-state index contributed by atoms with van der Waals surface area (Å²) in [7, 11) is -6.54. The van der Waals surface area contributed by atoms with E-state index in [1.807, 2.05) is 0 Å². The van der Waals surface area contributed by atoms with Crippen molar-refractivity contribution in [1.82, 2.24) is 4.37 Å². The van der Waals surface area contributed by atoms with Crippen LogP contribution in [0.5, 0.6) is 0 Å². The minimum absolute atomic E-state index is 0.0113. The topological polar surface area (TPSA) is 119 Å². The molecule has 1 aliphatic rings. The third kappa shape index (κ3) is 3.23. The van der Waals surface area contributed by atoms with Crippen LogP contribution in [0.1, 0.15) is 19.8 Å². The molecule has 0 radical (unpaired) electrons. The SMILES string of the molecule is CCS(=O)(=O)CCNc1snc(N)c1S(=O)(=O)C1CC1. The number of nitrogens with two attached hydrogens (primary N) is 1. The first-order chi connectivity index (χ1) is 9.28. The van der Waals surface area contributed by atoms with Crippen LogP contribution in [0.3, 0.4) is 0 Å². The quantitative estimate of drug-likeness (QED) is 0.742. The highest BCUT2D eigenvalue weighted by atomic mass is 32.2. The molecule has 20 heavy (non-hydrogen) atoms. The standard InChI is InChI=1S/C10H17N3O4S3/c1-2-19(14,15)6-5-12-10-8(9(11)13-18-10)20(16,17)7-3-4-7/h7,12H,2-6H2,1H3,(H2,11,13). The van der Waals surface area contributed by atoms with E-state index in [1.165, 1.54) is 0 Å². The summed E-state index contributed by atoms with van der Waals surface area (Å²) in [6, 6.07) is 0. The summed E-state index contributed by atoms with van der Waals surface area (Å²) in [4.78, 5) is 0.0268. The molecule has 1 heterocycles.